The van der Waals surface area contributed by atoms with Gasteiger partial charge in [-0.15, -0.1) is 0 Å². The molecule has 0 atom stereocenters. The number of aromatic nitrogens is 2. The molecule has 0 bridgehead atoms. The lowest BCUT2D eigenvalue weighted by Crippen LogP contribution is -2.21. The SMILES string of the molecule is CC(C)(C)C(=O)Cc1nc(C2CC2)ns1. The van der Waals surface area contributed by atoms with Crippen molar-refractivity contribution in [3.8, 4) is 0 Å². The van der Waals surface area contributed by atoms with Gasteiger partial charge in [0.25, 0.3) is 0 Å². The van der Waals surface area contributed by atoms with E-state index in [1.165, 1.54) is 24.4 Å². The van der Waals surface area contributed by atoms with Gasteiger partial charge in [0.2, 0.25) is 0 Å². The highest BCUT2D eigenvalue weighted by Gasteiger charge is 2.29. The van der Waals surface area contributed by atoms with E-state index in [0.717, 1.165) is 10.8 Å². The molecular weight excluding hydrogens is 208 g/mol. The maximum atomic E-state index is 11.8. The number of nitrogens with zero attached hydrogens (tertiary/aromatic N) is 2. The lowest BCUT2D eigenvalue weighted by Gasteiger charge is -2.14. The Balaban J connectivity index is 2.01. The van der Waals surface area contributed by atoms with Gasteiger partial charge in [0.1, 0.15) is 16.6 Å². The molecule has 1 aliphatic carbocycles. The topological polar surface area (TPSA) is 42.9 Å². The average molecular weight is 224 g/mol. The molecular formula is C11H16N2OS. The quantitative estimate of drug-likeness (QED) is 0.792. The highest BCUT2D eigenvalue weighted by molar-refractivity contribution is 7.05. The van der Waals surface area contributed by atoms with Crippen molar-refractivity contribution in [3.05, 3.63) is 10.8 Å². The second-order valence-electron chi connectivity index (χ2n) is 5.17. The number of hydrogen-bond acceptors (Lipinski definition) is 4. The zero-order chi connectivity index (χ0) is 11.1. The lowest BCUT2D eigenvalue weighted by molar-refractivity contribution is -0.125. The highest BCUT2D eigenvalue weighted by Crippen LogP contribution is 2.38. The van der Waals surface area contributed by atoms with Gasteiger partial charge in [-0.1, -0.05) is 20.8 Å². The summed E-state index contributed by atoms with van der Waals surface area (Å²) in [6, 6.07) is 0. The fourth-order valence-corrected chi connectivity index (χ4v) is 1.97. The van der Waals surface area contributed by atoms with E-state index in [0.29, 0.717) is 12.3 Å². The largest absolute Gasteiger partial charge is 0.299 e. The number of carbonyl (C=O) groups excluding carboxylic acids is 1. The first kappa shape index (κ1) is 10.7. The van der Waals surface area contributed by atoms with E-state index in [1.54, 1.807) is 0 Å². The van der Waals surface area contributed by atoms with E-state index in [-0.39, 0.29) is 11.2 Å². The third-order valence-corrected chi connectivity index (χ3v) is 3.30. The molecule has 0 N–H and O–H groups in total. The number of rotatable bonds is 3. The molecule has 0 unspecified atom stereocenters. The molecule has 0 spiro atoms. The van der Waals surface area contributed by atoms with Crippen LogP contribution in [0.3, 0.4) is 0 Å². The smallest absolute Gasteiger partial charge is 0.145 e. The fourth-order valence-electron chi connectivity index (χ4n) is 1.25. The third-order valence-electron chi connectivity index (χ3n) is 2.57. The minimum absolute atomic E-state index is 0.237. The second kappa shape index (κ2) is 3.67. The van der Waals surface area contributed by atoms with Gasteiger partial charge >= 0.3 is 0 Å². The van der Waals surface area contributed by atoms with Crippen molar-refractivity contribution < 1.29 is 4.79 Å². The first-order valence-electron chi connectivity index (χ1n) is 5.32. The summed E-state index contributed by atoms with van der Waals surface area (Å²) in [7, 11) is 0. The second-order valence-corrected chi connectivity index (χ2v) is 6.01. The Kier molecular flexibility index (Phi) is 2.63. The maximum absolute atomic E-state index is 11.8. The zero-order valence-corrected chi connectivity index (χ0v) is 10.2. The van der Waals surface area contributed by atoms with Crippen molar-refractivity contribution in [1.29, 1.82) is 0 Å². The van der Waals surface area contributed by atoms with Gasteiger partial charge in [-0.3, -0.25) is 4.79 Å². The first-order chi connectivity index (χ1) is 6.97. The van der Waals surface area contributed by atoms with Crippen LogP contribution < -0.4 is 0 Å². The average Bonchev–Trinajstić information content (AvgIpc) is 2.87. The van der Waals surface area contributed by atoms with Crippen LogP contribution in [0.2, 0.25) is 0 Å². The zero-order valence-electron chi connectivity index (χ0n) is 9.41. The Morgan fingerprint density at radius 1 is 1.47 bits per heavy atom. The molecule has 1 saturated carbocycles. The van der Waals surface area contributed by atoms with Gasteiger partial charge in [0, 0.05) is 11.3 Å². The van der Waals surface area contributed by atoms with Gasteiger partial charge < -0.3 is 0 Å². The van der Waals surface area contributed by atoms with Crippen molar-refractivity contribution in [1.82, 2.24) is 9.36 Å². The lowest BCUT2D eigenvalue weighted by atomic mass is 9.89. The molecule has 0 aromatic carbocycles. The Labute approximate surface area is 94.1 Å². The van der Waals surface area contributed by atoms with Crippen LogP contribution in [0.5, 0.6) is 0 Å². The molecule has 1 aromatic heterocycles. The Morgan fingerprint density at radius 2 is 2.13 bits per heavy atom. The summed E-state index contributed by atoms with van der Waals surface area (Å²) in [4.78, 5) is 16.2. The van der Waals surface area contributed by atoms with Crippen molar-refractivity contribution in [2.45, 2.75) is 46.0 Å². The van der Waals surface area contributed by atoms with Gasteiger partial charge in [0.05, 0.1) is 6.42 Å². The molecule has 0 amide bonds. The molecule has 1 heterocycles. The van der Waals surface area contributed by atoms with Crippen molar-refractivity contribution in [2.24, 2.45) is 5.41 Å². The van der Waals surface area contributed by atoms with E-state index in [4.69, 9.17) is 0 Å². The van der Waals surface area contributed by atoms with Crippen LogP contribution in [0.15, 0.2) is 0 Å². The maximum Gasteiger partial charge on any atom is 0.145 e. The summed E-state index contributed by atoms with van der Waals surface area (Å²) in [5.74, 6) is 1.78. The van der Waals surface area contributed by atoms with Crippen LogP contribution >= 0.6 is 11.5 Å². The third kappa shape index (κ3) is 2.62. The van der Waals surface area contributed by atoms with Crippen LogP contribution in [0.1, 0.15) is 50.4 Å². The summed E-state index contributed by atoms with van der Waals surface area (Å²) in [5, 5.41) is 0.872. The molecule has 1 fully saturated rings. The Bertz CT molecular complexity index is 374. The molecule has 15 heavy (non-hydrogen) atoms. The van der Waals surface area contributed by atoms with Crippen LogP contribution in [0.25, 0.3) is 0 Å². The molecule has 82 valence electrons. The standard InChI is InChI=1S/C11H16N2OS/c1-11(2,3)8(14)6-9-12-10(13-15-9)7-4-5-7/h7H,4-6H2,1-3H3. The summed E-state index contributed by atoms with van der Waals surface area (Å²) in [6.45, 7) is 5.83. The van der Waals surface area contributed by atoms with E-state index in [9.17, 15) is 4.79 Å². The number of Topliss-reactive ketones (excluding diaryl/α,β-unsaturated/α-hetero) is 1. The minimum Gasteiger partial charge on any atom is -0.299 e. The number of hydrogen-bond donors (Lipinski definition) is 0. The van der Waals surface area contributed by atoms with Gasteiger partial charge in [-0.05, 0) is 24.4 Å². The number of ketones is 1. The molecule has 0 radical (unpaired) electrons. The van der Waals surface area contributed by atoms with E-state index in [1.807, 2.05) is 20.8 Å². The van der Waals surface area contributed by atoms with Crippen LogP contribution in [0, 0.1) is 5.41 Å². The van der Waals surface area contributed by atoms with Crippen LogP contribution in [-0.4, -0.2) is 15.1 Å². The van der Waals surface area contributed by atoms with Crippen molar-refractivity contribution in [2.75, 3.05) is 0 Å². The molecule has 0 saturated heterocycles. The van der Waals surface area contributed by atoms with Crippen molar-refractivity contribution in [3.63, 3.8) is 0 Å². The summed E-state index contributed by atoms with van der Waals surface area (Å²) in [5.41, 5.74) is -0.272. The molecule has 4 heteroatoms. The molecule has 1 aliphatic rings. The Hall–Kier alpha value is -0.770. The predicted octanol–water partition coefficient (Wildman–Crippen LogP) is 2.57. The molecule has 2 rings (SSSR count). The Morgan fingerprint density at radius 3 is 2.67 bits per heavy atom. The highest BCUT2D eigenvalue weighted by atomic mass is 32.1. The van der Waals surface area contributed by atoms with Crippen LogP contribution in [-0.2, 0) is 11.2 Å². The van der Waals surface area contributed by atoms with Gasteiger partial charge in [-0.25, -0.2) is 4.98 Å². The molecule has 1 aromatic rings. The summed E-state index contributed by atoms with van der Waals surface area (Å²) < 4.78 is 4.29. The summed E-state index contributed by atoms with van der Waals surface area (Å²) in [6.07, 6.45) is 2.86. The fraction of sp³-hybridized carbons (Fsp3) is 0.727. The number of carbonyl (C=O) groups is 1. The van der Waals surface area contributed by atoms with E-state index >= 15 is 0 Å². The van der Waals surface area contributed by atoms with Gasteiger partial charge in [-0.2, -0.15) is 4.37 Å². The molecule has 0 aliphatic heterocycles. The van der Waals surface area contributed by atoms with E-state index < -0.39 is 0 Å². The first-order valence-corrected chi connectivity index (χ1v) is 6.10. The normalized spacial score (nSPS) is 16.7. The van der Waals surface area contributed by atoms with Crippen LogP contribution in [0.4, 0.5) is 0 Å². The monoisotopic (exact) mass is 224 g/mol. The van der Waals surface area contributed by atoms with E-state index in [2.05, 4.69) is 9.36 Å². The minimum atomic E-state index is -0.272. The van der Waals surface area contributed by atoms with Gasteiger partial charge in [0.15, 0.2) is 0 Å². The molecule has 3 nitrogen and oxygen atoms in total. The summed E-state index contributed by atoms with van der Waals surface area (Å²) >= 11 is 1.38. The predicted molar refractivity (Wildman–Crippen MR) is 60.1 cm³/mol. The van der Waals surface area contributed by atoms with Crippen molar-refractivity contribution >= 4 is 17.3 Å².